The number of hydrogen-bond acceptors (Lipinski definition) is 7. The highest BCUT2D eigenvalue weighted by Crippen LogP contribution is 2.35. The number of hydrogen-bond donors (Lipinski definition) is 2. The molecule has 0 amide bonds. The van der Waals surface area contributed by atoms with Gasteiger partial charge in [-0.2, -0.15) is 0 Å². The third kappa shape index (κ3) is 4.42. The molecule has 0 fully saturated rings. The summed E-state index contributed by atoms with van der Waals surface area (Å²) in [5, 5.41) is 15.5. The van der Waals surface area contributed by atoms with Gasteiger partial charge in [-0.05, 0) is 54.1 Å². The molecule has 0 aliphatic carbocycles. The van der Waals surface area contributed by atoms with Gasteiger partial charge < -0.3 is 10.4 Å². The Bertz CT molecular complexity index is 1150. The van der Waals surface area contributed by atoms with Crippen molar-refractivity contribution in [3.63, 3.8) is 0 Å². The van der Waals surface area contributed by atoms with E-state index in [4.69, 9.17) is 4.98 Å². The second kappa shape index (κ2) is 8.77. The van der Waals surface area contributed by atoms with Gasteiger partial charge in [-0.1, -0.05) is 19.9 Å². The molecule has 5 nitrogen and oxygen atoms in total. The van der Waals surface area contributed by atoms with E-state index >= 15 is 0 Å². The number of aldehydes is 1. The summed E-state index contributed by atoms with van der Waals surface area (Å²) >= 11 is 3.17. The Labute approximate surface area is 183 Å². The lowest BCUT2D eigenvalue weighted by Crippen LogP contribution is -1.98. The van der Waals surface area contributed by atoms with Crippen molar-refractivity contribution < 1.29 is 9.90 Å². The number of thiophene rings is 1. The van der Waals surface area contributed by atoms with E-state index in [-0.39, 0.29) is 5.75 Å². The average molecular weight is 436 g/mol. The van der Waals surface area contributed by atoms with Gasteiger partial charge >= 0.3 is 0 Å². The number of phenols is 1. The molecule has 0 aliphatic heterocycles. The molecule has 4 rings (SSSR count). The Morgan fingerprint density at radius 1 is 1.17 bits per heavy atom. The molecule has 1 aromatic carbocycles. The van der Waals surface area contributed by atoms with Crippen LogP contribution in [0.5, 0.6) is 5.75 Å². The van der Waals surface area contributed by atoms with Crippen LogP contribution in [0.3, 0.4) is 0 Å². The monoisotopic (exact) mass is 435 g/mol. The molecule has 0 aliphatic rings. The number of benzene rings is 1. The van der Waals surface area contributed by atoms with Gasteiger partial charge in [0.15, 0.2) is 11.4 Å². The van der Waals surface area contributed by atoms with E-state index in [2.05, 4.69) is 24.1 Å². The summed E-state index contributed by atoms with van der Waals surface area (Å²) in [6.45, 7) is 4.34. The highest BCUT2D eigenvalue weighted by molar-refractivity contribution is 7.16. The number of thiazole rings is 1. The van der Waals surface area contributed by atoms with E-state index in [0.717, 1.165) is 39.3 Å². The van der Waals surface area contributed by atoms with Crippen LogP contribution in [-0.2, 0) is 6.42 Å². The predicted molar refractivity (Wildman–Crippen MR) is 124 cm³/mol. The third-order valence-corrected chi connectivity index (χ3v) is 6.42. The second-order valence-corrected chi connectivity index (χ2v) is 9.35. The molecule has 2 N–H and O–H groups in total. The van der Waals surface area contributed by atoms with E-state index in [0.29, 0.717) is 22.4 Å². The van der Waals surface area contributed by atoms with Crippen LogP contribution < -0.4 is 5.32 Å². The fourth-order valence-corrected chi connectivity index (χ4v) is 5.02. The number of aromatic nitrogens is 2. The molecule has 30 heavy (non-hydrogen) atoms. The number of phenolic OH excluding ortho intramolecular Hbond substituents is 1. The Kier molecular flexibility index (Phi) is 5.92. The number of aromatic hydroxyl groups is 1. The number of carbonyl (C=O) groups excluding carboxylic acids is 1. The van der Waals surface area contributed by atoms with E-state index in [1.54, 1.807) is 41.0 Å². The van der Waals surface area contributed by atoms with Gasteiger partial charge in [0.1, 0.15) is 11.6 Å². The van der Waals surface area contributed by atoms with Crippen LogP contribution in [0.2, 0.25) is 0 Å². The maximum absolute atomic E-state index is 11.7. The summed E-state index contributed by atoms with van der Waals surface area (Å²) in [5.41, 5.74) is 3.25. The molecule has 3 heterocycles. The normalized spacial score (nSPS) is 11.0. The first-order valence-electron chi connectivity index (χ1n) is 9.58. The molecule has 7 heteroatoms. The predicted octanol–water partition coefficient (Wildman–Crippen LogP) is 6.39. The number of nitrogens with one attached hydrogen (secondary N) is 1. The van der Waals surface area contributed by atoms with Gasteiger partial charge in [0.05, 0.1) is 11.3 Å². The zero-order valence-corrected chi connectivity index (χ0v) is 18.3. The first kappa shape index (κ1) is 20.3. The van der Waals surface area contributed by atoms with Crippen molar-refractivity contribution in [2.24, 2.45) is 5.92 Å². The number of rotatable bonds is 7. The minimum Gasteiger partial charge on any atom is -0.508 e. The van der Waals surface area contributed by atoms with Crippen LogP contribution in [0.15, 0.2) is 54.0 Å². The lowest BCUT2D eigenvalue weighted by molar-refractivity contribution is 0.112. The van der Waals surface area contributed by atoms with Crippen molar-refractivity contribution in [3.8, 4) is 27.4 Å². The summed E-state index contributed by atoms with van der Waals surface area (Å²) in [5.74, 6) is 1.19. The zero-order chi connectivity index (χ0) is 21.1. The summed E-state index contributed by atoms with van der Waals surface area (Å²) < 4.78 is 0. The SMILES string of the molecule is CC(C)Cc1sc(Nc2ncc(-c3cccs3)cc2C=O)nc1-c1ccc(O)cc1. The fraction of sp³-hybridized carbons (Fsp3) is 0.174. The minimum absolute atomic E-state index is 0.225. The quantitative estimate of drug-likeness (QED) is 0.329. The van der Waals surface area contributed by atoms with Gasteiger partial charge in [-0.3, -0.25) is 4.79 Å². The zero-order valence-electron chi connectivity index (χ0n) is 16.6. The van der Waals surface area contributed by atoms with Gasteiger partial charge in [0.2, 0.25) is 0 Å². The van der Waals surface area contributed by atoms with Crippen LogP contribution in [0.1, 0.15) is 29.1 Å². The average Bonchev–Trinajstić information content (AvgIpc) is 3.39. The van der Waals surface area contributed by atoms with Crippen molar-refractivity contribution in [3.05, 3.63) is 64.5 Å². The second-order valence-electron chi connectivity index (χ2n) is 7.32. The van der Waals surface area contributed by atoms with Gasteiger partial charge in [0, 0.05) is 27.1 Å². The molecule has 0 atom stereocenters. The molecule has 4 aromatic rings. The summed E-state index contributed by atoms with van der Waals surface area (Å²) in [4.78, 5) is 23.2. The summed E-state index contributed by atoms with van der Waals surface area (Å²) in [6.07, 6.45) is 3.47. The van der Waals surface area contributed by atoms with E-state index in [1.807, 2.05) is 35.7 Å². The number of pyridine rings is 1. The van der Waals surface area contributed by atoms with Crippen molar-refractivity contribution in [2.45, 2.75) is 20.3 Å². The first-order chi connectivity index (χ1) is 14.5. The Morgan fingerprint density at radius 3 is 2.63 bits per heavy atom. The lowest BCUT2D eigenvalue weighted by Gasteiger charge is -2.06. The number of anilines is 2. The fourth-order valence-electron chi connectivity index (χ4n) is 3.11. The molecule has 0 saturated heterocycles. The van der Waals surface area contributed by atoms with Crippen molar-refractivity contribution in [1.29, 1.82) is 0 Å². The first-order valence-corrected chi connectivity index (χ1v) is 11.3. The van der Waals surface area contributed by atoms with Crippen LogP contribution in [0, 0.1) is 5.92 Å². The molecular formula is C23H21N3O2S2. The molecule has 0 unspecified atom stereocenters. The number of nitrogens with zero attached hydrogens (tertiary/aromatic N) is 2. The molecule has 0 spiro atoms. The summed E-state index contributed by atoms with van der Waals surface area (Å²) in [7, 11) is 0. The van der Waals surface area contributed by atoms with Crippen LogP contribution in [0.25, 0.3) is 21.7 Å². The smallest absolute Gasteiger partial charge is 0.189 e. The molecular weight excluding hydrogens is 414 g/mol. The van der Waals surface area contributed by atoms with Gasteiger partial charge in [-0.15, -0.1) is 22.7 Å². The van der Waals surface area contributed by atoms with Crippen molar-refractivity contribution in [1.82, 2.24) is 9.97 Å². The van der Waals surface area contributed by atoms with E-state index in [9.17, 15) is 9.90 Å². The summed E-state index contributed by atoms with van der Waals surface area (Å²) in [6, 6.07) is 12.9. The Hall–Kier alpha value is -3.03. The Morgan fingerprint density at radius 2 is 1.97 bits per heavy atom. The molecule has 3 aromatic heterocycles. The lowest BCUT2D eigenvalue weighted by atomic mass is 10.0. The van der Waals surface area contributed by atoms with Gasteiger partial charge in [-0.25, -0.2) is 9.97 Å². The molecule has 0 saturated carbocycles. The van der Waals surface area contributed by atoms with Crippen molar-refractivity contribution >= 4 is 39.9 Å². The van der Waals surface area contributed by atoms with Crippen LogP contribution >= 0.6 is 22.7 Å². The van der Waals surface area contributed by atoms with E-state index < -0.39 is 0 Å². The highest BCUT2D eigenvalue weighted by Gasteiger charge is 2.16. The maximum Gasteiger partial charge on any atom is 0.189 e. The standard InChI is InChI=1S/C23H21N3O2S2/c1-14(2)10-20-21(15-5-7-18(28)8-6-15)25-23(30-20)26-22-17(13-27)11-16(12-24-22)19-4-3-9-29-19/h3-9,11-14,28H,10H2,1-2H3,(H,24,25,26). The van der Waals surface area contributed by atoms with E-state index in [1.165, 1.54) is 0 Å². The van der Waals surface area contributed by atoms with Crippen LogP contribution in [-0.4, -0.2) is 21.4 Å². The molecule has 0 radical (unpaired) electrons. The number of carbonyl (C=O) groups is 1. The molecule has 152 valence electrons. The largest absolute Gasteiger partial charge is 0.508 e. The molecule has 0 bridgehead atoms. The third-order valence-electron chi connectivity index (χ3n) is 4.51. The van der Waals surface area contributed by atoms with Crippen LogP contribution in [0.4, 0.5) is 10.9 Å². The minimum atomic E-state index is 0.225. The maximum atomic E-state index is 11.7. The Balaban J connectivity index is 1.67. The highest BCUT2D eigenvalue weighted by atomic mass is 32.1. The van der Waals surface area contributed by atoms with Gasteiger partial charge in [0.25, 0.3) is 0 Å². The van der Waals surface area contributed by atoms with Crippen molar-refractivity contribution in [2.75, 3.05) is 5.32 Å². The topological polar surface area (TPSA) is 75.1 Å².